The number of carbonyl (C=O) groups excluding carboxylic acids is 2. The van der Waals surface area contributed by atoms with E-state index in [1.807, 2.05) is 24.3 Å². The normalized spacial score (nSPS) is 9.95. The number of carbonyl (C=O) groups is 2. The zero-order valence-corrected chi connectivity index (χ0v) is 13.2. The maximum atomic E-state index is 11.6. The quantitative estimate of drug-likeness (QED) is 0.711. The molecule has 0 atom stereocenters. The summed E-state index contributed by atoms with van der Waals surface area (Å²) in [6.07, 6.45) is 0. The van der Waals surface area contributed by atoms with Crippen LogP contribution in [0.2, 0.25) is 0 Å². The first-order valence-electron chi connectivity index (χ1n) is 6.39. The molecule has 1 rings (SSSR count). The van der Waals surface area contributed by atoms with Gasteiger partial charge in [0.1, 0.15) is 13.1 Å². The monoisotopic (exact) mass is 343 g/mol. The average Bonchev–Trinajstić information content (AvgIpc) is 2.39. The first-order chi connectivity index (χ1) is 9.58. The molecule has 0 radical (unpaired) electrons. The van der Waals surface area contributed by atoms with Gasteiger partial charge in [0.2, 0.25) is 0 Å². The summed E-state index contributed by atoms with van der Waals surface area (Å²) < 4.78 is 10.7. The van der Waals surface area contributed by atoms with E-state index in [0.29, 0.717) is 13.2 Å². The van der Waals surface area contributed by atoms with Crippen LogP contribution in [0, 0.1) is 0 Å². The number of hydrogen-bond donors (Lipinski definition) is 0. The molecule has 0 N–H and O–H groups in total. The topological polar surface area (TPSA) is 55.8 Å². The van der Waals surface area contributed by atoms with E-state index in [0.717, 1.165) is 10.2 Å². The van der Waals surface area contributed by atoms with Crippen molar-refractivity contribution in [2.45, 2.75) is 13.8 Å². The van der Waals surface area contributed by atoms with Crippen molar-refractivity contribution in [3.8, 4) is 0 Å². The summed E-state index contributed by atoms with van der Waals surface area (Å²) in [7, 11) is 0. The Bertz CT molecular complexity index is 444. The fraction of sp³-hybridized carbons (Fsp3) is 0.429. The van der Waals surface area contributed by atoms with Crippen molar-refractivity contribution in [3.63, 3.8) is 0 Å². The smallest absolute Gasteiger partial charge is 0.325 e. The van der Waals surface area contributed by atoms with Gasteiger partial charge in [0.15, 0.2) is 0 Å². The van der Waals surface area contributed by atoms with Gasteiger partial charge in [0.05, 0.1) is 18.9 Å². The summed E-state index contributed by atoms with van der Waals surface area (Å²) in [6.45, 7) is 4.09. The average molecular weight is 344 g/mol. The Hall–Kier alpha value is -1.56. The molecule has 6 heteroatoms. The molecular formula is C14H18BrNO4. The number of hydrogen-bond acceptors (Lipinski definition) is 5. The second kappa shape index (κ2) is 8.58. The van der Waals surface area contributed by atoms with Crippen LogP contribution in [0.4, 0.5) is 5.69 Å². The van der Waals surface area contributed by atoms with E-state index in [4.69, 9.17) is 9.47 Å². The van der Waals surface area contributed by atoms with E-state index < -0.39 is 0 Å². The largest absolute Gasteiger partial charge is 0.465 e. The van der Waals surface area contributed by atoms with E-state index in [-0.39, 0.29) is 25.0 Å². The van der Waals surface area contributed by atoms with Gasteiger partial charge in [0.25, 0.3) is 0 Å². The molecule has 1 aromatic carbocycles. The van der Waals surface area contributed by atoms with Crippen LogP contribution in [0.15, 0.2) is 28.7 Å². The number of ether oxygens (including phenoxy) is 2. The Morgan fingerprint density at radius 3 is 2.00 bits per heavy atom. The molecule has 20 heavy (non-hydrogen) atoms. The molecular weight excluding hydrogens is 326 g/mol. The zero-order valence-electron chi connectivity index (χ0n) is 11.6. The van der Waals surface area contributed by atoms with Crippen LogP contribution in [0.5, 0.6) is 0 Å². The second-order valence-corrected chi connectivity index (χ2v) is 4.77. The summed E-state index contributed by atoms with van der Waals surface area (Å²) in [5.74, 6) is -0.764. The third kappa shape index (κ3) is 5.21. The lowest BCUT2D eigenvalue weighted by atomic mass is 10.3. The lowest BCUT2D eigenvalue weighted by Crippen LogP contribution is -2.36. The highest BCUT2D eigenvalue weighted by Gasteiger charge is 2.18. The number of anilines is 1. The molecule has 1 aromatic rings. The first kappa shape index (κ1) is 16.5. The van der Waals surface area contributed by atoms with Crippen molar-refractivity contribution in [1.29, 1.82) is 0 Å². The first-order valence-corrected chi connectivity index (χ1v) is 7.18. The minimum Gasteiger partial charge on any atom is -0.465 e. The van der Waals surface area contributed by atoms with E-state index in [1.54, 1.807) is 18.7 Å². The predicted octanol–water partition coefficient (Wildman–Crippen LogP) is 2.38. The van der Waals surface area contributed by atoms with Crippen LogP contribution in [0.25, 0.3) is 0 Å². The predicted molar refractivity (Wildman–Crippen MR) is 79.6 cm³/mol. The van der Waals surface area contributed by atoms with Gasteiger partial charge < -0.3 is 14.4 Å². The molecule has 0 unspecified atom stereocenters. The molecule has 0 aliphatic heterocycles. The molecule has 0 saturated heterocycles. The number of nitrogens with zero attached hydrogens (tertiary/aromatic N) is 1. The van der Waals surface area contributed by atoms with Crippen LogP contribution < -0.4 is 4.90 Å². The number of esters is 2. The molecule has 0 aliphatic carbocycles. The van der Waals surface area contributed by atoms with Crippen LogP contribution in [0.1, 0.15) is 13.8 Å². The van der Waals surface area contributed by atoms with Gasteiger partial charge in [0, 0.05) is 4.47 Å². The number of halogens is 1. The minimum atomic E-state index is -0.382. The fourth-order valence-corrected chi connectivity index (χ4v) is 2.19. The molecule has 0 fully saturated rings. The Kier molecular flexibility index (Phi) is 7.08. The lowest BCUT2D eigenvalue weighted by molar-refractivity contribution is -0.142. The van der Waals surface area contributed by atoms with E-state index in [1.165, 1.54) is 0 Å². The van der Waals surface area contributed by atoms with E-state index in [2.05, 4.69) is 15.9 Å². The summed E-state index contributed by atoms with van der Waals surface area (Å²) in [6, 6.07) is 7.37. The van der Waals surface area contributed by atoms with E-state index >= 15 is 0 Å². The van der Waals surface area contributed by atoms with E-state index in [9.17, 15) is 9.59 Å². The van der Waals surface area contributed by atoms with Gasteiger partial charge in [-0.2, -0.15) is 0 Å². The molecule has 0 bridgehead atoms. The van der Waals surface area contributed by atoms with Crippen LogP contribution in [-0.4, -0.2) is 38.2 Å². The molecule has 0 heterocycles. The Labute approximate surface area is 127 Å². The Balaban J connectivity index is 2.86. The molecule has 0 spiro atoms. The molecule has 0 amide bonds. The van der Waals surface area contributed by atoms with Gasteiger partial charge in [-0.15, -0.1) is 0 Å². The SMILES string of the molecule is CCOC(=O)CN(CC(=O)OCC)c1ccccc1Br. The van der Waals surface area contributed by atoms with Crippen molar-refractivity contribution in [1.82, 2.24) is 0 Å². The molecule has 5 nitrogen and oxygen atoms in total. The summed E-state index contributed by atoms with van der Waals surface area (Å²) in [5, 5.41) is 0. The number of para-hydroxylation sites is 1. The molecule has 0 saturated carbocycles. The van der Waals surface area contributed by atoms with Gasteiger partial charge >= 0.3 is 11.9 Å². The molecule has 0 aliphatic rings. The third-order valence-electron chi connectivity index (χ3n) is 2.44. The van der Waals surface area contributed by atoms with Crippen molar-refractivity contribution < 1.29 is 19.1 Å². The number of rotatable bonds is 7. The van der Waals surface area contributed by atoms with Crippen molar-refractivity contribution in [2.75, 3.05) is 31.2 Å². The van der Waals surface area contributed by atoms with Gasteiger partial charge in [-0.3, -0.25) is 9.59 Å². The maximum Gasteiger partial charge on any atom is 0.325 e. The van der Waals surface area contributed by atoms with Gasteiger partial charge in [-0.25, -0.2) is 0 Å². The zero-order chi connectivity index (χ0) is 15.0. The fourth-order valence-electron chi connectivity index (χ4n) is 1.66. The van der Waals surface area contributed by atoms with Crippen LogP contribution in [-0.2, 0) is 19.1 Å². The summed E-state index contributed by atoms with van der Waals surface area (Å²) in [5.41, 5.74) is 0.744. The van der Waals surface area contributed by atoms with Crippen molar-refractivity contribution in [2.24, 2.45) is 0 Å². The highest BCUT2D eigenvalue weighted by Crippen LogP contribution is 2.25. The third-order valence-corrected chi connectivity index (χ3v) is 3.11. The van der Waals surface area contributed by atoms with Gasteiger partial charge in [-0.1, -0.05) is 12.1 Å². The summed E-state index contributed by atoms with van der Waals surface area (Å²) >= 11 is 3.41. The maximum absolute atomic E-state index is 11.6. The summed E-state index contributed by atoms with van der Waals surface area (Å²) in [4.78, 5) is 24.9. The molecule has 110 valence electrons. The van der Waals surface area contributed by atoms with Crippen molar-refractivity contribution in [3.05, 3.63) is 28.7 Å². The van der Waals surface area contributed by atoms with Crippen molar-refractivity contribution >= 4 is 33.6 Å². The van der Waals surface area contributed by atoms with Gasteiger partial charge in [-0.05, 0) is 41.9 Å². The van der Waals surface area contributed by atoms with Crippen LogP contribution in [0.3, 0.4) is 0 Å². The highest BCUT2D eigenvalue weighted by atomic mass is 79.9. The Morgan fingerprint density at radius 2 is 1.55 bits per heavy atom. The second-order valence-electron chi connectivity index (χ2n) is 3.92. The highest BCUT2D eigenvalue weighted by molar-refractivity contribution is 9.10. The lowest BCUT2D eigenvalue weighted by Gasteiger charge is -2.23. The molecule has 0 aromatic heterocycles. The minimum absolute atomic E-state index is 0.00469. The standard InChI is InChI=1S/C14H18BrNO4/c1-3-19-13(17)9-16(10-14(18)20-4-2)12-8-6-5-7-11(12)15/h5-8H,3-4,9-10H2,1-2H3. The Morgan fingerprint density at radius 1 is 1.05 bits per heavy atom. The van der Waals surface area contributed by atoms with Crippen LogP contribution >= 0.6 is 15.9 Å². The number of benzene rings is 1.